The van der Waals surface area contributed by atoms with Crippen LogP contribution in [0.4, 0.5) is 13.2 Å². The lowest BCUT2D eigenvalue weighted by atomic mass is 10.2. The quantitative estimate of drug-likeness (QED) is 0.272. The number of hydrogen-bond donors (Lipinski definition) is 2. The highest BCUT2D eigenvalue weighted by Gasteiger charge is 2.33. The molecule has 2 aromatic rings. The van der Waals surface area contributed by atoms with Crippen molar-refractivity contribution in [3.05, 3.63) is 40.0 Å². The molecule has 1 aliphatic rings. The Morgan fingerprint density at radius 3 is 2.74 bits per heavy atom. The molecule has 0 saturated heterocycles. The summed E-state index contributed by atoms with van der Waals surface area (Å²) >= 11 is 1.01. The first-order valence-corrected chi connectivity index (χ1v) is 11.0. The van der Waals surface area contributed by atoms with Crippen LogP contribution in [0.25, 0.3) is 0 Å². The van der Waals surface area contributed by atoms with Crippen LogP contribution in [0.5, 0.6) is 5.88 Å². The molecule has 0 radical (unpaired) electrons. The van der Waals surface area contributed by atoms with Gasteiger partial charge in [0.25, 0.3) is 0 Å². The van der Waals surface area contributed by atoms with Crippen LogP contribution in [0.15, 0.2) is 28.7 Å². The molecule has 0 bridgehead atoms. The van der Waals surface area contributed by atoms with Gasteiger partial charge in [-0.2, -0.15) is 13.2 Å². The number of rotatable bonds is 8. The number of ether oxygens (including phenoxy) is 1. The zero-order chi connectivity index (χ0) is 21.4. The number of thiazole rings is 1. The van der Waals surface area contributed by atoms with Crippen LogP contribution in [-0.4, -0.2) is 35.1 Å². The number of nitrogens with zero attached hydrogens (tertiary/aromatic N) is 3. The SMILES string of the molecule is CCNC(=NCc1cccnc1OC1CCCC1)NCCc1nc(C(F)(F)F)cs1.I. The second-order valence-corrected chi connectivity index (χ2v) is 7.93. The zero-order valence-corrected chi connectivity index (χ0v) is 20.4. The van der Waals surface area contributed by atoms with E-state index in [2.05, 4.69) is 25.6 Å². The third-order valence-corrected chi connectivity index (χ3v) is 5.56. The number of halogens is 4. The molecule has 6 nitrogen and oxygen atoms in total. The Kier molecular flexibility index (Phi) is 10.3. The molecule has 0 atom stereocenters. The van der Waals surface area contributed by atoms with E-state index in [1.165, 1.54) is 12.8 Å². The molecule has 0 amide bonds. The second kappa shape index (κ2) is 12.4. The highest BCUT2D eigenvalue weighted by atomic mass is 127. The summed E-state index contributed by atoms with van der Waals surface area (Å²) in [6, 6.07) is 3.80. The molecule has 2 N–H and O–H groups in total. The van der Waals surface area contributed by atoms with Crippen LogP contribution in [0, 0.1) is 0 Å². The largest absolute Gasteiger partial charge is 0.474 e. The van der Waals surface area contributed by atoms with Crippen LogP contribution in [-0.2, 0) is 19.1 Å². The minimum Gasteiger partial charge on any atom is -0.474 e. The van der Waals surface area contributed by atoms with Crippen molar-refractivity contribution in [1.29, 1.82) is 0 Å². The smallest absolute Gasteiger partial charge is 0.434 e. The second-order valence-electron chi connectivity index (χ2n) is 6.99. The maximum Gasteiger partial charge on any atom is 0.434 e. The molecule has 0 unspecified atom stereocenters. The maximum atomic E-state index is 12.7. The molecule has 1 fully saturated rings. The highest BCUT2D eigenvalue weighted by Crippen LogP contribution is 2.30. The number of aliphatic imine (C=N–C) groups is 1. The van der Waals surface area contributed by atoms with E-state index in [1.54, 1.807) is 6.20 Å². The van der Waals surface area contributed by atoms with Crippen LogP contribution in [0.1, 0.15) is 48.9 Å². The number of nitrogens with one attached hydrogen (secondary N) is 2. The Morgan fingerprint density at radius 1 is 1.29 bits per heavy atom. The molecule has 1 saturated carbocycles. The summed E-state index contributed by atoms with van der Waals surface area (Å²) < 4.78 is 44.0. The number of hydrogen-bond acceptors (Lipinski definition) is 5. The molecule has 0 spiro atoms. The van der Waals surface area contributed by atoms with E-state index >= 15 is 0 Å². The molecule has 31 heavy (non-hydrogen) atoms. The lowest BCUT2D eigenvalue weighted by molar-refractivity contribution is -0.140. The summed E-state index contributed by atoms with van der Waals surface area (Å²) in [5.41, 5.74) is 0.0609. The summed E-state index contributed by atoms with van der Waals surface area (Å²) in [5.74, 6) is 1.20. The van der Waals surface area contributed by atoms with Gasteiger partial charge >= 0.3 is 6.18 Å². The average molecular weight is 569 g/mol. The summed E-state index contributed by atoms with van der Waals surface area (Å²) in [6.07, 6.45) is 2.38. The predicted octanol–water partition coefficient (Wildman–Crippen LogP) is 4.79. The van der Waals surface area contributed by atoms with Gasteiger partial charge in [0, 0.05) is 36.7 Å². The third-order valence-electron chi connectivity index (χ3n) is 4.66. The van der Waals surface area contributed by atoms with Gasteiger partial charge in [-0.25, -0.2) is 15.0 Å². The van der Waals surface area contributed by atoms with E-state index in [0.29, 0.717) is 42.9 Å². The molecule has 172 valence electrons. The summed E-state index contributed by atoms with van der Waals surface area (Å²) in [6.45, 7) is 3.43. The molecule has 0 aromatic carbocycles. The number of guanidine groups is 1. The van der Waals surface area contributed by atoms with Gasteiger partial charge < -0.3 is 15.4 Å². The topological polar surface area (TPSA) is 71.4 Å². The van der Waals surface area contributed by atoms with E-state index in [-0.39, 0.29) is 30.1 Å². The molecular weight excluding hydrogens is 542 g/mol. The minimum absolute atomic E-state index is 0. The monoisotopic (exact) mass is 569 g/mol. The van der Waals surface area contributed by atoms with Gasteiger partial charge in [-0.3, -0.25) is 0 Å². The van der Waals surface area contributed by atoms with Crippen molar-refractivity contribution < 1.29 is 17.9 Å². The molecule has 1 aliphatic carbocycles. The van der Waals surface area contributed by atoms with Crippen LogP contribution < -0.4 is 15.4 Å². The fourth-order valence-electron chi connectivity index (χ4n) is 3.16. The predicted molar refractivity (Wildman–Crippen MR) is 126 cm³/mol. The molecule has 2 aromatic heterocycles. The minimum atomic E-state index is -4.40. The van der Waals surface area contributed by atoms with E-state index in [0.717, 1.165) is 35.1 Å². The summed E-state index contributed by atoms with van der Waals surface area (Å²) in [7, 11) is 0. The van der Waals surface area contributed by atoms with Gasteiger partial charge in [0.15, 0.2) is 11.7 Å². The third kappa shape index (κ3) is 8.09. The van der Waals surface area contributed by atoms with Crippen molar-refractivity contribution in [2.45, 2.75) is 57.9 Å². The van der Waals surface area contributed by atoms with Crippen molar-refractivity contribution in [3.63, 3.8) is 0 Å². The zero-order valence-electron chi connectivity index (χ0n) is 17.2. The molecular formula is C20H27F3IN5OS. The molecule has 2 heterocycles. The van der Waals surface area contributed by atoms with Crippen molar-refractivity contribution in [2.75, 3.05) is 13.1 Å². The number of aromatic nitrogens is 2. The van der Waals surface area contributed by atoms with Crippen molar-refractivity contribution in [3.8, 4) is 5.88 Å². The Balaban J connectivity index is 0.00000341. The standard InChI is InChI=1S/C20H26F3N5OS.HI/c1-2-24-19(26-11-9-17-28-16(13-30-17)20(21,22)23)27-12-14-6-5-10-25-18(14)29-15-7-3-4-8-15;/h5-6,10,13,15H,2-4,7-9,11-12H2,1H3,(H2,24,26,27);1H. The average Bonchev–Trinajstić information content (AvgIpc) is 3.39. The van der Waals surface area contributed by atoms with Crippen LogP contribution in [0.3, 0.4) is 0 Å². The van der Waals surface area contributed by atoms with Crippen LogP contribution in [0.2, 0.25) is 0 Å². The van der Waals surface area contributed by atoms with Crippen LogP contribution >= 0.6 is 35.3 Å². The van der Waals surface area contributed by atoms with Gasteiger partial charge in [0.05, 0.1) is 11.6 Å². The Bertz CT molecular complexity index is 840. The van der Waals surface area contributed by atoms with E-state index in [1.807, 2.05) is 19.1 Å². The summed E-state index contributed by atoms with van der Waals surface area (Å²) in [4.78, 5) is 12.6. The van der Waals surface area contributed by atoms with Gasteiger partial charge in [-0.1, -0.05) is 6.07 Å². The number of alkyl halides is 3. The molecule has 11 heteroatoms. The van der Waals surface area contributed by atoms with Crippen molar-refractivity contribution >= 4 is 41.3 Å². The Morgan fingerprint density at radius 2 is 2.06 bits per heavy atom. The van der Waals surface area contributed by atoms with E-state index in [4.69, 9.17) is 4.74 Å². The van der Waals surface area contributed by atoms with Crippen molar-refractivity contribution in [1.82, 2.24) is 20.6 Å². The van der Waals surface area contributed by atoms with Crippen molar-refractivity contribution in [2.24, 2.45) is 4.99 Å². The Hall–Kier alpha value is -1.63. The lowest BCUT2D eigenvalue weighted by Gasteiger charge is -2.15. The summed E-state index contributed by atoms with van der Waals surface area (Å²) in [5, 5.41) is 7.76. The van der Waals surface area contributed by atoms with Gasteiger partial charge in [-0.15, -0.1) is 35.3 Å². The van der Waals surface area contributed by atoms with Gasteiger partial charge in [0.1, 0.15) is 6.10 Å². The first-order valence-electron chi connectivity index (χ1n) is 10.1. The first kappa shape index (κ1) is 25.6. The van der Waals surface area contributed by atoms with E-state index < -0.39 is 11.9 Å². The maximum absolute atomic E-state index is 12.7. The lowest BCUT2D eigenvalue weighted by Crippen LogP contribution is -2.38. The molecule has 0 aliphatic heterocycles. The van der Waals surface area contributed by atoms with Gasteiger partial charge in [0.2, 0.25) is 5.88 Å². The van der Waals surface area contributed by atoms with E-state index in [9.17, 15) is 13.2 Å². The highest BCUT2D eigenvalue weighted by molar-refractivity contribution is 14.0. The van der Waals surface area contributed by atoms with Gasteiger partial charge in [-0.05, 0) is 38.7 Å². The normalized spacial score (nSPS) is 14.9. The molecule has 3 rings (SSSR count). The fraction of sp³-hybridized carbons (Fsp3) is 0.550. The Labute approximate surface area is 201 Å². The number of pyridine rings is 1. The fourth-order valence-corrected chi connectivity index (χ4v) is 3.97. The first-order chi connectivity index (χ1) is 14.5.